The molecule has 0 heterocycles. The van der Waals surface area contributed by atoms with Crippen LogP contribution in [0.5, 0.6) is 5.75 Å². The van der Waals surface area contributed by atoms with E-state index in [4.69, 9.17) is 16.3 Å². The molecule has 0 spiro atoms. The van der Waals surface area contributed by atoms with Gasteiger partial charge in [-0.05, 0) is 45.8 Å². The summed E-state index contributed by atoms with van der Waals surface area (Å²) in [6.45, 7) is 0. The molecule has 0 amide bonds. The molecule has 106 valence electrons. The molecule has 2 aromatic carbocycles. The molecule has 0 aliphatic rings. The van der Waals surface area contributed by atoms with Gasteiger partial charge in [-0.15, -0.1) is 11.6 Å². The van der Waals surface area contributed by atoms with Crippen LogP contribution in [0.4, 0.5) is 4.39 Å². The maximum atomic E-state index is 13.6. The summed E-state index contributed by atoms with van der Waals surface area (Å²) in [5, 5.41) is -0.448. The average Bonchev–Trinajstić information content (AvgIpc) is 2.39. The van der Waals surface area contributed by atoms with E-state index in [0.29, 0.717) is 15.8 Å². The fourth-order valence-corrected chi connectivity index (χ4v) is 3.81. The van der Waals surface area contributed by atoms with Gasteiger partial charge in [-0.3, -0.25) is 0 Å². The van der Waals surface area contributed by atoms with Gasteiger partial charge < -0.3 is 4.74 Å². The van der Waals surface area contributed by atoms with Crippen molar-refractivity contribution in [3.8, 4) is 5.75 Å². The SMILES string of the molecule is COc1cc(F)c(Br)cc1C(Cl)c1cc(Br)cc(Br)c1. The molecule has 0 aliphatic heterocycles. The normalized spacial score (nSPS) is 12.3. The average molecular weight is 487 g/mol. The molecule has 1 unspecified atom stereocenters. The summed E-state index contributed by atoms with van der Waals surface area (Å²) < 4.78 is 20.9. The van der Waals surface area contributed by atoms with Gasteiger partial charge in [0.15, 0.2) is 0 Å². The molecule has 20 heavy (non-hydrogen) atoms. The first-order valence-corrected chi connectivity index (χ1v) is 8.37. The second kappa shape index (κ2) is 6.77. The van der Waals surface area contributed by atoms with Crippen LogP contribution in [-0.4, -0.2) is 7.11 Å². The Hall–Kier alpha value is -0.100. The van der Waals surface area contributed by atoms with Crippen molar-refractivity contribution in [1.82, 2.24) is 0 Å². The molecule has 2 aromatic rings. The van der Waals surface area contributed by atoms with Crippen LogP contribution in [0.3, 0.4) is 0 Å². The van der Waals surface area contributed by atoms with Gasteiger partial charge in [0.25, 0.3) is 0 Å². The summed E-state index contributed by atoms with van der Waals surface area (Å²) in [6, 6.07) is 8.71. The van der Waals surface area contributed by atoms with Gasteiger partial charge in [0.1, 0.15) is 11.6 Å². The molecule has 2 rings (SSSR count). The summed E-state index contributed by atoms with van der Waals surface area (Å²) in [4.78, 5) is 0. The lowest BCUT2D eigenvalue weighted by Gasteiger charge is -2.16. The number of hydrogen-bond donors (Lipinski definition) is 0. The molecule has 0 fully saturated rings. The predicted octanol–water partition coefficient (Wildman–Crippen LogP) is 6.45. The molecule has 1 nitrogen and oxygen atoms in total. The predicted molar refractivity (Wildman–Crippen MR) is 90.2 cm³/mol. The fraction of sp³-hybridized carbons (Fsp3) is 0.143. The van der Waals surface area contributed by atoms with Crippen LogP contribution < -0.4 is 4.74 Å². The van der Waals surface area contributed by atoms with E-state index in [9.17, 15) is 4.39 Å². The van der Waals surface area contributed by atoms with Gasteiger partial charge in [0.2, 0.25) is 0 Å². The second-order valence-corrected chi connectivity index (χ2v) is 7.20. The smallest absolute Gasteiger partial charge is 0.141 e. The fourth-order valence-electron chi connectivity index (χ4n) is 1.82. The molecule has 0 aliphatic carbocycles. The zero-order chi connectivity index (χ0) is 14.9. The number of methoxy groups -OCH3 is 1. The van der Waals surface area contributed by atoms with Gasteiger partial charge in [0.05, 0.1) is 17.0 Å². The Morgan fingerprint density at radius 3 is 2.20 bits per heavy atom. The molecule has 1 atom stereocenters. The minimum absolute atomic E-state index is 0.355. The Balaban J connectivity index is 2.52. The molecule has 0 saturated heterocycles. The van der Waals surface area contributed by atoms with E-state index in [1.54, 1.807) is 6.07 Å². The van der Waals surface area contributed by atoms with Crippen LogP contribution in [0.2, 0.25) is 0 Å². The lowest BCUT2D eigenvalue weighted by molar-refractivity contribution is 0.406. The molecule has 0 saturated carbocycles. The third-order valence-corrected chi connectivity index (χ3v) is 4.73. The van der Waals surface area contributed by atoms with E-state index in [1.807, 2.05) is 18.2 Å². The van der Waals surface area contributed by atoms with Crippen LogP contribution in [0.25, 0.3) is 0 Å². The van der Waals surface area contributed by atoms with E-state index in [2.05, 4.69) is 47.8 Å². The second-order valence-electron chi connectivity index (χ2n) is 4.07. The number of hydrogen-bond acceptors (Lipinski definition) is 1. The lowest BCUT2D eigenvalue weighted by Crippen LogP contribution is -1.99. The minimum Gasteiger partial charge on any atom is -0.496 e. The summed E-state index contributed by atoms with van der Waals surface area (Å²) in [5.74, 6) is 0.0340. The van der Waals surface area contributed by atoms with Gasteiger partial charge >= 0.3 is 0 Å². The van der Waals surface area contributed by atoms with E-state index in [1.165, 1.54) is 13.2 Å². The largest absolute Gasteiger partial charge is 0.496 e. The minimum atomic E-state index is -0.448. The summed E-state index contributed by atoms with van der Waals surface area (Å²) in [6.07, 6.45) is 0. The van der Waals surface area contributed by atoms with Crippen LogP contribution >= 0.6 is 59.4 Å². The van der Waals surface area contributed by atoms with Gasteiger partial charge in [-0.1, -0.05) is 31.9 Å². The zero-order valence-electron chi connectivity index (χ0n) is 10.3. The van der Waals surface area contributed by atoms with Crippen molar-refractivity contribution in [2.24, 2.45) is 0 Å². The molecule has 0 radical (unpaired) electrons. The van der Waals surface area contributed by atoms with E-state index < -0.39 is 5.38 Å². The van der Waals surface area contributed by atoms with Crippen molar-refractivity contribution in [1.29, 1.82) is 0 Å². The number of halogens is 5. The Bertz CT molecular complexity index is 628. The highest BCUT2D eigenvalue weighted by atomic mass is 79.9. The van der Waals surface area contributed by atoms with E-state index >= 15 is 0 Å². The molecule has 0 aromatic heterocycles. The summed E-state index contributed by atoms with van der Waals surface area (Å²) >= 11 is 16.5. The van der Waals surface area contributed by atoms with Gasteiger partial charge in [-0.25, -0.2) is 4.39 Å². The molecule has 0 bridgehead atoms. The highest BCUT2D eigenvalue weighted by Gasteiger charge is 2.19. The van der Waals surface area contributed by atoms with Crippen LogP contribution in [0.1, 0.15) is 16.5 Å². The van der Waals surface area contributed by atoms with Crippen molar-refractivity contribution in [2.75, 3.05) is 7.11 Å². The van der Waals surface area contributed by atoms with E-state index in [0.717, 1.165) is 14.5 Å². The first-order valence-electron chi connectivity index (χ1n) is 5.55. The van der Waals surface area contributed by atoms with Gasteiger partial charge in [0, 0.05) is 20.6 Å². The van der Waals surface area contributed by atoms with Crippen molar-refractivity contribution in [3.63, 3.8) is 0 Å². The van der Waals surface area contributed by atoms with Crippen molar-refractivity contribution >= 4 is 59.4 Å². The zero-order valence-corrected chi connectivity index (χ0v) is 15.8. The Kier molecular flexibility index (Phi) is 5.51. The topological polar surface area (TPSA) is 9.23 Å². The van der Waals surface area contributed by atoms with Crippen molar-refractivity contribution < 1.29 is 9.13 Å². The van der Waals surface area contributed by atoms with Crippen molar-refractivity contribution in [3.05, 3.63) is 60.7 Å². The maximum Gasteiger partial charge on any atom is 0.141 e. The number of alkyl halides is 1. The van der Waals surface area contributed by atoms with Crippen molar-refractivity contribution in [2.45, 2.75) is 5.38 Å². The van der Waals surface area contributed by atoms with E-state index in [-0.39, 0.29) is 5.82 Å². The first kappa shape index (κ1) is 16.3. The van der Waals surface area contributed by atoms with Crippen LogP contribution in [0.15, 0.2) is 43.7 Å². The number of ether oxygens (including phenoxy) is 1. The van der Waals surface area contributed by atoms with Crippen LogP contribution in [0, 0.1) is 5.82 Å². The third kappa shape index (κ3) is 3.56. The summed E-state index contributed by atoms with van der Waals surface area (Å²) in [5.41, 5.74) is 1.58. The maximum absolute atomic E-state index is 13.6. The Morgan fingerprint density at radius 2 is 1.65 bits per heavy atom. The number of benzene rings is 2. The monoisotopic (exact) mass is 484 g/mol. The van der Waals surface area contributed by atoms with Gasteiger partial charge in [-0.2, -0.15) is 0 Å². The number of rotatable bonds is 3. The standard InChI is InChI=1S/C14H9Br3ClFO/c1-20-13-6-12(19)11(17)5-10(13)14(18)7-2-8(15)4-9(16)3-7/h2-6,14H,1H3. The molecule has 6 heteroatoms. The summed E-state index contributed by atoms with van der Waals surface area (Å²) in [7, 11) is 1.49. The third-order valence-electron chi connectivity index (χ3n) is 2.72. The first-order chi connectivity index (χ1) is 9.42. The molecular weight excluding hydrogens is 478 g/mol. The Morgan fingerprint density at radius 1 is 1.05 bits per heavy atom. The Labute approximate surface area is 146 Å². The molecule has 0 N–H and O–H groups in total. The highest BCUT2D eigenvalue weighted by Crippen LogP contribution is 2.39. The highest BCUT2D eigenvalue weighted by molar-refractivity contribution is 9.11. The quantitative estimate of drug-likeness (QED) is 0.453. The molecular formula is C14H9Br3ClFO. The lowest BCUT2D eigenvalue weighted by atomic mass is 10.0. The van der Waals surface area contributed by atoms with Crippen LogP contribution in [-0.2, 0) is 0 Å².